The minimum atomic E-state index is 0.396. The fraction of sp³-hybridized carbons (Fsp3) is 0.571. The Bertz CT molecular complexity index is 367. The summed E-state index contributed by atoms with van der Waals surface area (Å²) in [6, 6.07) is 8.76. The molecule has 16 heavy (non-hydrogen) atoms. The smallest absolute Gasteiger partial charge is 0.0802 e. The van der Waals surface area contributed by atoms with E-state index in [9.17, 15) is 0 Å². The van der Waals surface area contributed by atoms with Crippen molar-refractivity contribution in [1.82, 2.24) is 0 Å². The van der Waals surface area contributed by atoms with E-state index in [0.29, 0.717) is 10.8 Å². The Morgan fingerprint density at radius 2 is 1.94 bits per heavy atom. The lowest BCUT2D eigenvalue weighted by atomic mass is 9.92. The molecule has 0 saturated heterocycles. The van der Waals surface area contributed by atoms with Gasteiger partial charge in [0.25, 0.3) is 0 Å². The third-order valence-corrected chi connectivity index (χ3v) is 4.21. The molecule has 1 aliphatic rings. The van der Waals surface area contributed by atoms with E-state index in [1.807, 2.05) is 11.8 Å². The molecule has 1 atom stereocenters. The van der Waals surface area contributed by atoms with Crippen LogP contribution in [0.5, 0.6) is 0 Å². The Labute approximate surface area is 103 Å². The minimum absolute atomic E-state index is 0.396. The first-order valence-electron chi connectivity index (χ1n) is 6.03. The van der Waals surface area contributed by atoms with E-state index in [0.717, 1.165) is 6.54 Å². The number of rotatable bonds is 2. The van der Waals surface area contributed by atoms with Crippen LogP contribution >= 0.6 is 11.8 Å². The highest BCUT2D eigenvalue weighted by atomic mass is 32.2. The van der Waals surface area contributed by atoms with Gasteiger partial charge in [-0.05, 0) is 30.9 Å². The van der Waals surface area contributed by atoms with Crippen molar-refractivity contribution in [3.63, 3.8) is 0 Å². The summed E-state index contributed by atoms with van der Waals surface area (Å²) in [6.07, 6.45) is 1.24. The van der Waals surface area contributed by atoms with Crippen LogP contribution in [0, 0.1) is 5.41 Å². The molecule has 0 spiro atoms. The number of benzene rings is 1. The zero-order valence-corrected chi connectivity index (χ0v) is 11.5. The summed E-state index contributed by atoms with van der Waals surface area (Å²) in [5, 5.41) is 0.613. The van der Waals surface area contributed by atoms with E-state index in [1.165, 1.54) is 17.0 Å². The van der Waals surface area contributed by atoms with Gasteiger partial charge in [-0.2, -0.15) is 0 Å². The van der Waals surface area contributed by atoms with Crippen LogP contribution in [0.4, 0.5) is 5.69 Å². The van der Waals surface area contributed by atoms with E-state index in [2.05, 4.69) is 56.9 Å². The molecule has 0 aliphatic carbocycles. The zero-order valence-electron chi connectivity index (χ0n) is 10.7. The lowest BCUT2D eigenvalue weighted by molar-refractivity contribution is 0.369. The van der Waals surface area contributed by atoms with Crippen LogP contribution in [-0.4, -0.2) is 11.9 Å². The summed E-state index contributed by atoms with van der Waals surface area (Å²) < 4.78 is 0. The molecule has 0 N–H and O–H groups in total. The van der Waals surface area contributed by atoms with Crippen molar-refractivity contribution in [1.29, 1.82) is 0 Å². The average Bonchev–Trinajstić information content (AvgIpc) is 2.51. The standard InChI is InChI=1S/C14H21NS/c1-5-15-11-8-6-7-9-12(11)16-13(15)10-14(2,3)4/h6-9,13H,5,10H2,1-4H3. The van der Waals surface area contributed by atoms with E-state index in [1.54, 1.807) is 0 Å². The third kappa shape index (κ3) is 2.37. The minimum Gasteiger partial charge on any atom is -0.359 e. The van der Waals surface area contributed by atoms with Crippen molar-refractivity contribution in [2.45, 2.75) is 44.4 Å². The first kappa shape index (κ1) is 11.8. The molecule has 0 saturated carbocycles. The molecule has 1 aromatic rings. The predicted octanol–water partition coefficient (Wildman–Crippen LogP) is 4.38. The van der Waals surface area contributed by atoms with Gasteiger partial charge in [-0.15, -0.1) is 0 Å². The van der Waals surface area contributed by atoms with Crippen molar-refractivity contribution >= 4 is 17.4 Å². The maximum Gasteiger partial charge on any atom is 0.0802 e. The molecule has 2 rings (SSSR count). The Kier molecular flexibility index (Phi) is 3.20. The summed E-state index contributed by atoms with van der Waals surface area (Å²) in [5.74, 6) is 0. The van der Waals surface area contributed by atoms with Gasteiger partial charge in [0.2, 0.25) is 0 Å². The molecule has 0 amide bonds. The van der Waals surface area contributed by atoms with Gasteiger partial charge in [-0.25, -0.2) is 0 Å². The van der Waals surface area contributed by atoms with Crippen molar-refractivity contribution in [2.24, 2.45) is 5.41 Å². The molecule has 1 heterocycles. The summed E-state index contributed by atoms with van der Waals surface area (Å²) in [5.41, 5.74) is 1.82. The van der Waals surface area contributed by atoms with Gasteiger partial charge in [-0.1, -0.05) is 44.7 Å². The number of anilines is 1. The number of thioether (sulfide) groups is 1. The SMILES string of the molecule is CCN1c2ccccc2SC1CC(C)(C)C. The van der Waals surface area contributed by atoms with Gasteiger partial charge in [0.1, 0.15) is 0 Å². The third-order valence-electron chi connectivity index (χ3n) is 2.91. The van der Waals surface area contributed by atoms with Crippen LogP contribution in [0.2, 0.25) is 0 Å². The van der Waals surface area contributed by atoms with Crippen molar-refractivity contribution in [3.05, 3.63) is 24.3 Å². The van der Waals surface area contributed by atoms with Gasteiger partial charge in [0.15, 0.2) is 0 Å². The molecule has 0 aromatic heterocycles. The lowest BCUT2D eigenvalue weighted by Crippen LogP contribution is -2.32. The van der Waals surface area contributed by atoms with E-state index in [4.69, 9.17) is 0 Å². The lowest BCUT2D eigenvalue weighted by Gasteiger charge is -2.30. The molecule has 0 fully saturated rings. The van der Waals surface area contributed by atoms with Gasteiger partial charge in [-0.3, -0.25) is 0 Å². The average molecular weight is 235 g/mol. The Balaban J connectivity index is 2.21. The quantitative estimate of drug-likeness (QED) is 0.748. The maximum atomic E-state index is 2.53. The summed E-state index contributed by atoms with van der Waals surface area (Å²) in [4.78, 5) is 3.98. The number of hydrogen-bond donors (Lipinski definition) is 0. The van der Waals surface area contributed by atoms with Crippen LogP contribution in [0.15, 0.2) is 29.2 Å². The number of para-hydroxylation sites is 1. The van der Waals surface area contributed by atoms with Crippen molar-refractivity contribution < 1.29 is 0 Å². The van der Waals surface area contributed by atoms with Crippen molar-refractivity contribution in [2.75, 3.05) is 11.4 Å². The molecule has 1 aliphatic heterocycles. The number of hydrogen-bond acceptors (Lipinski definition) is 2. The van der Waals surface area contributed by atoms with Crippen LogP contribution in [0.25, 0.3) is 0 Å². The second kappa shape index (κ2) is 4.33. The van der Waals surface area contributed by atoms with Gasteiger partial charge >= 0.3 is 0 Å². The topological polar surface area (TPSA) is 3.24 Å². The first-order chi connectivity index (χ1) is 7.51. The van der Waals surface area contributed by atoms with Gasteiger partial charge < -0.3 is 4.90 Å². The normalized spacial score (nSPS) is 20.0. The van der Waals surface area contributed by atoms with Crippen molar-refractivity contribution in [3.8, 4) is 0 Å². The number of nitrogens with zero attached hydrogens (tertiary/aromatic N) is 1. The van der Waals surface area contributed by atoms with E-state index < -0.39 is 0 Å². The first-order valence-corrected chi connectivity index (χ1v) is 6.91. The molecule has 1 unspecified atom stereocenters. The highest BCUT2D eigenvalue weighted by molar-refractivity contribution is 8.00. The van der Waals surface area contributed by atoms with Crippen LogP contribution in [0.3, 0.4) is 0 Å². The molecule has 2 heteroatoms. The number of fused-ring (bicyclic) bond motifs is 1. The monoisotopic (exact) mass is 235 g/mol. The second-order valence-corrected chi connectivity index (χ2v) is 6.81. The van der Waals surface area contributed by atoms with E-state index in [-0.39, 0.29) is 0 Å². The zero-order chi connectivity index (χ0) is 11.8. The molecule has 1 aromatic carbocycles. The Morgan fingerprint density at radius 3 is 2.56 bits per heavy atom. The Morgan fingerprint density at radius 1 is 1.25 bits per heavy atom. The predicted molar refractivity (Wildman–Crippen MR) is 73.2 cm³/mol. The fourth-order valence-electron chi connectivity index (χ4n) is 2.21. The highest BCUT2D eigenvalue weighted by Crippen LogP contribution is 2.46. The van der Waals surface area contributed by atoms with Gasteiger partial charge in [0, 0.05) is 11.4 Å². The molecule has 0 radical (unpaired) electrons. The molecule has 88 valence electrons. The van der Waals surface area contributed by atoms with Gasteiger partial charge in [0.05, 0.1) is 11.1 Å². The summed E-state index contributed by atoms with van der Waals surface area (Å²) in [7, 11) is 0. The highest BCUT2D eigenvalue weighted by Gasteiger charge is 2.31. The Hall–Kier alpha value is -0.630. The van der Waals surface area contributed by atoms with Crippen LogP contribution in [-0.2, 0) is 0 Å². The summed E-state index contributed by atoms with van der Waals surface area (Å²) in [6.45, 7) is 10.3. The van der Waals surface area contributed by atoms with E-state index >= 15 is 0 Å². The summed E-state index contributed by atoms with van der Waals surface area (Å²) >= 11 is 2.02. The molecule has 1 nitrogen and oxygen atoms in total. The fourth-order valence-corrected chi connectivity index (χ4v) is 3.94. The van der Waals surface area contributed by atoms with Crippen LogP contribution < -0.4 is 4.90 Å². The molecule has 0 bridgehead atoms. The maximum absolute atomic E-state index is 2.53. The molecular formula is C14H21NS. The van der Waals surface area contributed by atoms with Crippen LogP contribution in [0.1, 0.15) is 34.1 Å². The largest absolute Gasteiger partial charge is 0.359 e. The molecular weight excluding hydrogens is 214 g/mol. The second-order valence-electron chi connectivity index (χ2n) is 5.59.